The quantitative estimate of drug-likeness (QED) is 0.262. The zero-order chi connectivity index (χ0) is 30.7. The second-order valence-electron chi connectivity index (χ2n) is 11.6. The summed E-state index contributed by atoms with van der Waals surface area (Å²) in [6, 6.07) is 7.04. The van der Waals surface area contributed by atoms with Crippen molar-refractivity contribution in [1.82, 2.24) is 14.7 Å². The molecule has 0 N–H and O–H groups in total. The minimum Gasteiger partial charge on any atom is -0.462 e. The van der Waals surface area contributed by atoms with Gasteiger partial charge in [0.25, 0.3) is 0 Å². The number of likely N-dealkylation sites (tertiary alicyclic amines) is 1. The van der Waals surface area contributed by atoms with Gasteiger partial charge < -0.3 is 19.4 Å². The maximum absolute atomic E-state index is 13.5. The molecule has 1 aromatic heterocycles. The highest BCUT2D eigenvalue weighted by Gasteiger charge is 2.52. The van der Waals surface area contributed by atoms with Gasteiger partial charge in [-0.3, -0.25) is 9.59 Å². The monoisotopic (exact) mass is 623 g/mol. The molecule has 2 aliphatic heterocycles. The van der Waals surface area contributed by atoms with Gasteiger partial charge in [0.2, 0.25) is 5.91 Å². The Morgan fingerprint density at radius 1 is 1.09 bits per heavy atom. The number of benzene rings is 1. The van der Waals surface area contributed by atoms with Gasteiger partial charge in [0.15, 0.2) is 0 Å². The van der Waals surface area contributed by atoms with Gasteiger partial charge in [-0.25, -0.2) is 9.18 Å². The van der Waals surface area contributed by atoms with Crippen LogP contribution in [0, 0.1) is 11.7 Å². The molecule has 1 aromatic carbocycles. The number of esters is 1. The van der Waals surface area contributed by atoms with Crippen molar-refractivity contribution in [3.63, 3.8) is 0 Å². The van der Waals surface area contributed by atoms with Crippen LogP contribution in [0.15, 0.2) is 30.3 Å². The van der Waals surface area contributed by atoms with Crippen molar-refractivity contribution in [1.29, 1.82) is 0 Å². The number of piperidine rings is 1. The maximum Gasteiger partial charge on any atom is 0.471 e. The summed E-state index contributed by atoms with van der Waals surface area (Å²) in [7, 11) is 0. The van der Waals surface area contributed by atoms with Crippen molar-refractivity contribution < 1.29 is 36.7 Å². The fourth-order valence-corrected chi connectivity index (χ4v) is 7.31. The molecule has 234 valence electrons. The number of fused-ring (bicyclic) bond motifs is 1. The minimum atomic E-state index is -4.94. The largest absolute Gasteiger partial charge is 0.471 e. The van der Waals surface area contributed by atoms with E-state index in [-0.39, 0.29) is 30.3 Å². The number of carbonyl (C=O) groups excluding carboxylic acids is 3. The van der Waals surface area contributed by atoms with E-state index >= 15 is 0 Å². The molecule has 43 heavy (non-hydrogen) atoms. The molecule has 0 bridgehead atoms. The smallest absolute Gasteiger partial charge is 0.462 e. The Morgan fingerprint density at radius 3 is 2.49 bits per heavy atom. The molecule has 12 heteroatoms. The first-order valence-electron chi connectivity index (χ1n) is 15.0. The van der Waals surface area contributed by atoms with E-state index in [1.54, 1.807) is 19.1 Å². The second kappa shape index (κ2) is 13.3. The molecule has 2 fully saturated rings. The van der Waals surface area contributed by atoms with Gasteiger partial charge in [-0.15, -0.1) is 11.3 Å². The fourth-order valence-electron chi connectivity index (χ4n) is 6.26. The number of halogens is 4. The zero-order valence-corrected chi connectivity index (χ0v) is 25.0. The lowest BCUT2D eigenvalue weighted by atomic mass is 9.95. The lowest BCUT2D eigenvalue weighted by Gasteiger charge is -2.35. The van der Waals surface area contributed by atoms with Crippen molar-refractivity contribution in [2.45, 2.75) is 70.1 Å². The summed E-state index contributed by atoms with van der Waals surface area (Å²) in [5.74, 6) is -2.71. The van der Waals surface area contributed by atoms with Crippen molar-refractivity contribution in [3.8, 4) is 0 Å². The number of nitrogens with zero attached hydrogens (tertiary/aromatic N) is 3. The minimum absolute atomic E-state index is 0.0358. The molecule has 3 heterocycles. The summed E-state index contributed by atoms with van der Waals surface area (Å²) in [5.41, 5.74) is 1.75. The van der Waals surface area contributed by atoms with Crippen molar-refractivity contribution >= 4 is 29.1 Å². The summed E-state index contributed by atoms with van der Waals surface area (Å²) in [4.78, 5) is 44.1. The average molecular weight is 624 g/mol. The molecule has 3 aliphatic rings. The molecule has 1 saturated heterocycles. The highest BCUT2D eigenvalue weighted by atomic mass is 32.1. The van der Waals surface area contributed by atoms with E-state index in [4.69, 9.17) is 4.74 Å². The predicted octanol–water partition coefficient (Wildman–Crippen LogP) is 5.39. The summed E-state index contributed by atoms with van der Waals surface area (Å²) in [6.45, 7) is 5.40. The summed E-state index contributed by atoms with van der Waals surface area (Å²) in [5, 5.41) is 0. The predicted molar refractivity (Wildman–Crippen MR) is 153 cm³/mol. The van der Waals surface area contributed by atoms with Crippen LogP contribution in [0.3, 0.4) is 0 Å². The third-order valence-corrected chi connectivity index (χ3v) is 9.90. The van der Waals surface area contributed by atoms with E-state index in [9.17, 15) is 31.9 Å². The first-order chi connectivity index (χ1) is 20.5. The number of rotatable bonds is 10. The van der Waals surface area contributed by atoms with Gasteiger partial charge in [0, 0.05) is 42.9 Å². The van der Waals surface area contributed by atoms with Gasteiger partial charge in [0.1, 0.15) is 10.7 Å². The first-order valence-corrected chi connectivity index (χ1v) is 15.8. The fraction of sp³-hybridized carbons (Fsp3) is 0.581. The Balaban J connectivity index is 1.06. The molecule has 1 saturated carbocycles. The number of ether oxygens (including phenoxy) is 1. The van der Waals surface area contributed by atoms with E-state index in [1.165, 1.54) is 23.5 Å². The third kappa shape index (κ3) is 7.75. The van der Waals surface area contributed by atoms with Crippen molar-refractivity contribution in [2.75, 3.05) is 39.3 Å². The van der Waals surface area contributed by atoms with Crippen LogP contribution in [-0.4, -0.2) is 84.0 Å². The second-order valence-corrected chi connectivity index (χ2v) is 12.8. The summed E-state index contributed by atoms with van der Waals surface area (Å²) >= 11 is 1.44. The van der Waals surface area contributed by atoms with Gasteiger partial charge in [-0.2, -0.15) is 13.2 Å². The Hall–Kier alpha value is -2.99. The molecule has 7 nitrogen and oxygen atoms in total. The first kappa shape index (κ1) is 31.4. The maximum atomic E-state index is 13.5. The molecule has 0 radical (unpaired) electrons. The van der Waals surface area contributed by atoms with Crippen LogP contribution in [-0.2, 0) is 27.3 Å². The number of amides is 2. The molecule has 2 amide bonds. The van der Waals surface area contributed by atoms with Crippen LogP contribution in [0.2, 0.25) is 0 Å². The Bertz CT molecular complexity index is 1310. The van der Waals surface area contributed by atoms with Gasteiger partial charge in [0.05, 0.1) is 6.61 Å². The van der Waals surface area contributed by atoms with Crippen LogP contribution < -0.4 is 0 Å². The topological polar surface area (TPSA) is 70.2 Å². The third-order valence-electron chi connectivity index (χ3n) is 8.68. The van der Waals surface area contributed by atoms with E-state index in [0.717, 1.165) is 33.9 Å². The lowest BCUT2D eigenvalue weighted by molar-refractivity contribution is -0.187. The SMILES string of the molecule is CCOC(=O)c1cc2c(s1)CCN(C(=O)CCCN1CCC(CN(C(=O)C(F)(F)F)C3CC3c3ccc(F)cc3)CC1)C2. The average Bonchev–Trinajstić information content (AvgIpc) is 3.65. The number of hydrogen-bond donors (Lipinski definition) is 0. The highest BCUT2D eigenvalue weighted by molar-refractivity contribution is 7.14. The molecule has 1 aliphatic carbocycles. The molecule has 2 unspecified atom stereocenters. The van der Waals surface area contributed by atoms with E-state index in [2.05, 4.69) is 4.90 Å². The van der Waals surface area contributed by atoms with Crippen LogP contribution in [0.25, 0.3) is 0 Å². The molecule has 2 aromatic rings. The molecular weight excluding hydrogens is 586 g/mol. The number of alkyl halides is 3. The van der Waals surface area contributed by atoms with Crippen molar-refractivity contribution in [3.05, 3.63) is 57.0 Å². The van der Waals surface area contributed by atoms with Gasteiger partial charge in [-0.1, -0.05) is 12.1 Å². The van der Waals surface area contributed by atoms with E-state index in [1.807, 2.05) is 11.0 Å². The van der Waals surface area contributed by atoms with E-state index in [0.29, 0.717) is 69.8 Å². The summed E-state index contributed by atoms with van der Waals surface area (Å²) < 4.78 is 58.8. The molecule has 0 spiro atoms. The number of thiophene rings is 1. The van der Waals surface area contributed by atoms with Crippen molar-refractivity contribution in [2.24, 2.45) is 5.92 Å². The van der Waals surface area contributed by atoms with Crippen LogP contribution in [0.4, 0.5) is 17.6 Å². The van der Waals surface area contributed by atoms with Crippen LogP contribution in [0.1, 0.15) is 70.6 Å². The summed E-state index contributed by atoms with van der Waals surface area (Å²) in [6.07, 6.45) is -1.32. The number of carbonyl (C=O) groups is 3. The lowest BCUT2D eigenvalue weighted by Crippen LogP contribution is -2.47. The molecule has 5 rings (SSSR count). The number of hydrogen-bond acceptors (Lipinski definition) is 6. The Labute approximate surface area is 252 Å². The Kier molecular flexibility index (Phi) is 9.75. The Morgan fingerprint density at radius 2 is 1.81 bits per heavy atom. The highest BCUT2D eigenvalue weighted by Crippen LogP contribution is 2.46. The normalized spacial score (nSPS) is 20.9. The standard InChI is InChI=1S/C31H37F4N3O4S/c1-2-42-29(40)27-16-22-19-37(15-11-26(22)43-27)28(39)4-3-12-36-13-9-20(10-14-36)18-38(30(41)31(33,34)35)25-17-24(25)21-5-7-23(32)8-6-21/h5-8,16,20,24-25H,2-4,9-15,17-19H2,1H3. The van der Waals surface area contributed by atoms with Gasteiger partial charge >= 0.3 is 18.1 Å². The molecular formula is C31H37F4N3O4S. The van der Waals surface area contributed by atoms with E-state index < -0.39 is 23.9 Å². The van der Waals surface area contributed by atoms with Crippen LogP contribution >= 0.6 is 11.3 Å². The zero-order valence-electron chi connectivity index (χ0n) is 24.2. The molecule has 2 atom stereocenters. The van der Waals surface area contributed by atoms with Gasteiger partial charge in [-0.05, 0) is 93.9 Å². The van der Waals surface area contributed by atoms with Crippen LogP contribution in [0.5, 0.6) is 0 Å².